The quantitative estimate of drug-likeness (QED) is 0.705. The summed E-state index contributed by atoms with van der Waals surface area (Å²) < 4.78 is 14.3. The van der Waals surface area contributed by atoms with Crippen molar-refractivity contribution in [2.45, 2.75) is 12.3 Å². The maximum atomic E-state index is 14.3. The minimum absolute atomic E-state index is 0.0731. The summed E-state index contributed by atoms with van der Waals surface area (Å²) in [6.45, 7) is 0. The Bertz CT molecular complexity index is 887. The van der Waals surface area contributed by atoms with E-state index in [9.17, 15) is 9.18 Å². The van der Waals surface area contributed by atoms with Crippen molar-refractivity contribution >= 4 is 22.4 Å². The summed E-state index contributed by atoms with van der Waals surface area (Å²) in [5.74, 6) is -0.590. The van der Waals surface area contributed by atoms with Gasteiger partial charge in [0.15, 0.2) is 0 Å². The van der Waals surface area contributed by atoms with Gasteiger partial charge in [-0.2, -0.15) is 0 Å². The van der Waals surface area contributed by atoms with Crippen LogP contribution >= 0.6 is 0 Å². The van der Waals surface area contributed by atoms with Crippen molar-refractivity contribution < 1.29 is 9.18 Å². The van der Waals surface area contributed by atoms with Crippen molar-refractivity contribution in [1.29, 1.82) is 0 Å². The first-order valence-electron chi connectivity index (χ1n) is 7.30. The van der Waals surface area contributed by atoms with Gasteiger partial charge < -0.3 is 5.32 Å². The summed E-state index contributed by atoms with van der Waals surface area (Å²) in [5, 5.41) is 5.07. The number of hydrogen-bond donors (Lipinski definition) is 1. The SMILES string of the molecule is O=C1C[C@H](c2ccccc2F)c2c(ccc3ccccc23)N1. The van der Waals surface area contributed by atoms with Gasteiger partial charge in [0.1, 0.15) is 5.82 Å². The molecule has 3 aromatic rings. The molecule has 4 rings (SSSR count). The predicted molar refractivity (Wildman–Crippen MR) is 85.4 cm³/mol. The van der Waals surface area contributed by atoms with Gasteiger partial charge in [-0.15, -0.1) is 0 Å². The van der Waals surface area contributed by atoms with Crippen LogP contribution in [0, 0.1) is 5.82 Å². The topological polar surface area (TPSA) is 29.1 Å². The molecule has 0 saturated carbocycles. The zero-order valence-corrected chi connectivity index (χ0v) is 11.8. The van der Waals surface area contributed by atoms with Crippen LogP contribution in [0.15, 0.2) is 60.7 Å². The van der Waals surface area contributed by atoms with E-state index in [-0.39, 0.29) is 24.1 Å². The molecule has 0 aliphatic carbocycles. The Morgan fingerprint density at radius 2 is 1.73 bits per heavy atom. The lowest BCUT2D eigenvalue weighted by molar-refractivity contribution is -0.116. The minimum Gasteiger partial charge on any atom is -0.326 e. The van der Waals surface area contributed by atoms with Crippen LogP contribution in [0.2, 0.25) is 0 Å². The number of amides is 1. The van der Waals surface area contributed by atoms with Gasteiger partial charge in [0.05, 0.1) is 0 Å². The Kier molecular flexibility index (Phi) is 2.93. The van der Waals surface area contributed by atoms with Gasteiger partial charge in [0.2, 0.25) is 5.91 Å². The molecule has 1 heterocycles. The molecule has 1 atom stereocenters. The minimum atomic E-state index is -0.263. The van der Waals surface area contributed by atoms with Crippen molar-refractivity contribution in [1.82, 2.24) is 0 Å². The Labute approximate surface area is 127 Å². The average Bonchev–Trinajstić information content (AvgIpc) is 2.54. The average molecular weight is 291 g/mol. The number of nitrogens with one attached hydrogen (secondary N) is 1. The van der Waals surface area contributed by atoms with E-state index in [1.165, 1.54) is 6.07 Å². The number of anilines is 1. The monoisotopic (exact) mass is 291 g/mol. The Balaban J connectivity index is 2.02. The van der Waals surface area contributed by atoms with Gasteiger partial charge >= 0.3 is 0 Å². The zero-order valence-electron chi connectivity index (χ0n) is 11.8. The van der Waals surface area contributed by atoms with E-state index >= 15 is 0 Å². The van der Waals surface area contributed by atoms with Crippen molar-refractivity contribution in [3.8, 4) is 0 Å². The van der Waals surface area contributed by atoms with Gasteiger partial charge in [-0.1, -0.05) is 48.5 Å². The van der Waals surface area contributed by atoms with Gasteiger partial charge in [-0.25, -0.2) is 4.39 Å². The molecule has 0 unspecified atom stereocenters. The molecule has 0 bridgehead atoms. The highest BCUT2D eigenvalue weighted by Gasteiger charge is 2.29. The molecule has 3 aromatic carbocycles. The Hall–Kier alpha value is -2.68. The fraction of sp³-hybridized carbons (Fsp3) is 0.105. The largest absolute Gasteiger partial charge is 0.326 e. The van der Waals surface area contributed by atoms with E-state index < -0.39 is 0 Å². The summed E-state index contributed by atoms with van der Waals surface area (Å²) >= 11 is 0. The van der Waals surface area contributed by atoms with Crippen molar-refractivity contribution in [3.63, 3.8) is 0 Å². The fourth-order valence-electron chi connectivity index (χ4n) is 3.29. The lowest BCUT2D eigenvalue weighted by atomic mass is 9.82. The molecule has 1 aliphatic rings. The van der Waals surface area contributed by atoms with Crippen LogP contribution < -0.4 is 5.32 Å². The van der Waals surface area contributed by atoms with Gasteiger partial charge in [-0.05, 0) is 34.0 Å². The molecule has 0 saturated heterocycles. The highest BCUT2D eigenvalue weighted by Crippen LogP contribution is 2.42. The molecular formula is C19H14FNO. The molecule has 1 aliphatic heterocycles. The van der Waals surface area contributed by atoms with Crippen LogP contribution in [0.25, 0.3) is 10.8 Å². The second kappa shape index (κ2) is 4.95. The fourth-order valence-corrected chi connectivity index (χ4v) is 3.29. The maximum absolute atomic E-state index is 14.3. The number of rotatable bonds is 1. The van der Waals surface area contributed by atoms with Crippen LogP contribution in [0.4, 0.5) is 10.1 Å². The van der Waals surface area contributed by atoms with Crippen LogP contribution in [0.1, 0.15) is 23.5 Å². The number of fused-ring (bicyclic) bond motifs is 3. The molecule has 22 heavy (non-hydrogen) atoms. The third kappa shape index (κ3) is 1.98. The standard InChI is InChI=1S/C19H14FNO/c20-16-8-4-3-7-14(16)15-11-18(22)21-17-10-9-12-5-1-2-6-13(12)19(15)17/h1-10,15H,11H2,(H,21,22)/t15-/m1/s1. The lowest BCUT2D eigenvalue weighted by Gasteiger charge is -2.27. The van der Waals surface area contributed by atoms with Crippen molar-refractivity contribution in [2.75, 3.05) is 5.32 Å². The van der Waals surface area contributed by atoms with Gasteiger partial charge in [0.25, 0.3) is 0 Å². The maximum Gasteiger partial charge on any atom is 0.225 e. The second-order valence-electron chi connectivity index (χ2n) is 5.57. The van der Waals surface area contributed by atoms with E-state index in [2.05, 4.69) is 5.32 Å². The zero-order chi connectivity index (χ0) is 15.1. The molecule has 1 N–H and O–H groups in total. The van der Waals surface area contributed by atoms with E-state index in [4.69, 9.17) is 0 Å². The summed E-state index contributed by atoms with van der Waals surface area (Å²) in [7, 11) is 0. The van der Waals surface area contributed by atoms with Crippen LogP contribution in [-0.2, 0) is 4.79 Å². The number of hydrogen-bond acceptors (Lipinski definition) is 1. The molecule has 0 spiro atoms. The van der Waals surface area contributed by atoms with Gasteiger partial charge in [0, 0.05) is 18.0 Å². The van der Waals surface area contributed by atoms with Crippen LogP contribution in [0.5, 0.6) is 0 Å². The van der Waals surface area contributed by atoms with Crippen LogP contribution in [0.3, 0.4) is 0 Å². The molecule has 0 radical (unpaired) electrons. The summed E-state index contributed by atoms with van der Waals surface area (Å²) in [5.41, 5.74) is 2.36. The normalized spacial score (nSPS) is 17.1. The highest BCUT2D eigenvalue weighted by molar-refractivity contribution is 6.01. The third-order valence-corrected chi connectivity index (χ3v) is 4.26. The first-order chi connectivity index (χ1) is 10.7. The van der Waals surface area contributed by atoms with Crippen LogP contribution in [-0.4, -0.2) is 5.91 Å². The van der Waals surface area contributed by atoms with E-state index in [0.29, 0.717) is 5.56 Å². The molecule has 3 heteroatoms. The van der Waals surface area contributed by atoms with E-state index in [1.807, 2.05) is 42.5 Å². The molecule has 1 amide bonds. The first-order valence-corrected chi connectivity index (χ1v) is 7.30. The molecule has 108 valence electrons. The summed E-state index contributed by atoms with van der Waals surface area (Å²) in [6.07, 6.45) is 0.266. The smallest absolute Gasteiger partial charge is 0.225 e. The number of halogens is 1. The number of benzene rings is 3. The van der Waals surface area contributed by atoms with Gasteiger partial charge in [-0.3, -0.25) is 4.79 Å². The van der Waals surface area contributed by atoms with Crippen molar-refractivity contribution in [3.05, 3.63) is 77.6 Å². The summed E-state index contributed by atoms with van der Waals surface area (Å²) in [6, 6.07) is 18.6. The molecule has 2 nitrogen and oxygen atoms in total. The lowest BCUT2D eigenvalue weighted by Crippen LogP contribution is -2.24. The number of carbonyl (C=O) groups excluding carboxylic acids is 1. The summed E-state index contributed by atoms with van der Waals surface area (Å²) in [4.78, 5) is 12.0. The van der Waals surface area contributed by atoms with E-state index in [1.54, 1.807) is 12.1 Å². The Morgan fingerprint density at radius 3 is 2.59 bits per heavy atom. The number of carbonyl (C=O) groups is 1. The third-order valence-electron chi connectivity index (χ3n) is 4.26. The second-order valence-corrected chi connectivity index (χ2v) is 5.57. The molecular weight excluding hydrogens is 277 g/mol. The van der Waals surface area contributed by atoms with Crippen molar-refractivity contribution in [2.24, 2.45) is 0 Å². The first kappa shape index (κ1) is 13.0. The highest BCUT2D eigenvalue weighted by atomic mass is 19.1. The molecule has 0 aromatic heterocycles. The van der Waals surface area contributed by atoms with E-state index in [0.717, 1.165) is 22.0 Å². The predicted octanol–water partition coefficient (Wildman–Crippen LogP) is 4.45. The Morgan fingerprint density at radius 1 is 0.955 bits per heavy atom. The molecule has 0 fully saturated rings.